The molecule has 3 heteroatoms. The fourth-order valence-corrected chi connectivity index (χ4v) is 1.99. The Morgan fingerprint density at radius 2 is 1.71 bits per heavy atom. The third kappa shape index (κ3) is 6.39. The molecule has 0 heterocycles. The number of hydrogen-bond acceptors (Lipinski definition) is 2. The Labute approximate surface area is 127 Å². The number of Topliss-reactive ketones (excluding diaryl/α,β-unsaturated/α-hetero) is 1. The molecule has 0 saturated heterocycles. The van der Waals surface area contributed by atoms with Crippen molar-refractivity contribution in [1.29, 1.82) is 0 Å². The molecule has 21 heavy (non-hydrogen) atoms. The van der Waals surface area contributed by atoms with Gasteiger partial charge in [-0.15, -0.1) is 0 Å². The van der Waals surface area contributed by atoms with Crippen LogP contribution in [0.5, 0.6) is 0 Å². The summed E-state index contributed by atoms with van der Waals surface area (Å²) in [6.07, 6.45) is 1.26. The zero-order valence-electron chi connectivity index (χ0n) is 13.4. The lowest BCUT2D eigenvalue weighted by atomic mass is 10.0. The number of carbonyl (C=O) groups is 2. The number of amides is 1. The molecule has 1 aromatic rings. The fraction of sp³-hybridized carbons (Fsp3) is 0.444. The second-order valence-electron chi connectivity index (χ2n) is 5.94. The summed E-state index contributed by atoms with van der Waals surface area (Å²) >= 11 is 0. The molecule has 0 fully saturated rings. The van der Waals surface area contributed by atoms with E-state index in [1.807, 2.05) is 44.2 Å². The van der Waals surface area contributed by atoms with Crippen molar-refractivity contribution in [3.8, 4) is 0 Å². The molecular formula is C18H25NO2. The van der Waals surface area contributed by atoms with Crippen molar-refractivity contribution in [2.75, 3.05) is 0 Å². The smallest absolute Gasteiger partial charge is 0.231 e. The summed E-state index contributed by atoms with van der Waals surface area (Å²) in [4.78, 5) is 23.8. The van der Waals surface area contributed by atoms with E-state index in [-0.39, 0.29) is 18.1 Å². The molecule has 0 unspecified atom stereocenters. The maximum atomic E-state index is 12.0. The van der Waals surface area contributed by atoms with Crippen LogP contribution in [0.4, 0.5) is 0 Å². The van der Waals surface area contributed by atoms with E-state index in [9.17, 15) is 9.59 Å². The van der Waals surface area contributed by atoms with Crippen LogP contribution in [0, 0.1) is 5.92 Å². The van der Waals surface area contributed by atoms with Gasteiger partial charge in [0.2, 0.25) is 5.91 Å². The van der Waals surface area contributed by atoms with Gasteiger partial charge >= 0.3 is 0 Å². The summed E-state index contributed by atoms with van der Waals surface area (Å²) in [6.45, 7) is 8.04. The van der Waals surface area contributed by atoms with Crippen LogP contribution < -0.4 is 5.32 Å². The monoisotopic (exact) mass is 287 g/mol. The summed E-state index contributed by atoms with van der Waals surface area (Å²) in [5.74, 6) is 0.251. The van der Waals surface area contributed by atoms with Crippen LogP contribution in [-0.4, -0.2) is 11.7 Å². The molecule has 0 aliphatic heterocycles. The largest absolute Gasteiger partial charge is 0.325 e. The minimum absolute atomic E-state index is 0.00219. The highest BCUT2D eigenvalue weighted by Crippen LogP contribution is 2.15. The third-order valence-corrected chi connectivity index (χ3v) is 3.19. The average Bonchev–Trinajstić information content (AvgIpc) is 2.43. The van der Waals surface area contributed by atoms with Gasteiger partial charge in [-0.2, -0.15) is 0 Å². The van der Waals surface area contributed by atoms with Gasteiger partial charge in [0, 0.05) is 12.1 Å². The van der Waals surface area contributed by atoms with Crippen molar-refractivity contribution in [2.24, 2.45) is 5.92 Å². The summed E-state index contributed by atoms with van der Waals surface area (Å²) in [5, 5.41) is 2.87. The predicted octanol–water partition coefficient (Wildman–Crippen LogP) is 3.95. The number of allylic oxidation sites excluding steroid dienone is 1. The molecule has 0 aromatic heterocycles. The van der Waals surface area contributed by atoms with E-state index in [1.54, 1.807) is 0 Å². The molecule has 0 aliphatic carbocycles. The Bertz CT molecular complexity index is 511. The van der Waals surface area contributed by atoms with Gasteiger partial charge in [0.05, 0.1) is 6.42 Å². The highest BCUT2D eigenvalue weighted by atomic mass is 16.2. The van der Waals surface area contributed by atoms with Crippen LogP contribution in [0.2, 0.25) is 0 Å². The topological polar surface area (TPSA) is 46.2 Å². The molecule has 1 aromatic carbocycles. The molecule has 1 N–H and O–H groups in total. The number of benzene rings is 1. The van der Waals surface area contributed by atoms with Crippen molar-refractivity contribution in [2.45, 2.75) is 47.0 Å². The van der Waals surface area contributed by atoms with Gasteiger partial charge in [-0.3, -0.25) is 9.59 Å². The van der Waals surface area contributed by atoms with Gasteiger partial charge in [0.15, 0.2) is 0 Å². The van der Waals surface area contributed by atoms with E-state index in [0.29, 0.717) is 12.3 Å². The maximum Gasteiger partial charge on any atom is 0.231 e. The Kier molecular flexibility index (Phi) is 6.86. The first-order valence-corrected chi connectivity index (χ1v) is 7.44. The highest BCUT2D eigenvalue weighted by molar-refractivity contribution is 6.01. The van der Waals surface area contributed by atoms with E-state index >= 15 is 0 Å². The van der Waals surface area contributed by atoms with E-state index in [0.717, 1.165) is 23.3 Å². The molecule has 0 bridgehead atoms. The van der Waals surface area contributed by atoms with Crippen molar-refractivity contribution < 1.29 is 9.59 Å². The lowest BCUT2D eigenvalue weighted by molar-refractivity contribution is -0.127. The van der Waals surface area contributed by atoms with E-state index in [1.165, 1.54) is 0 Å². The average molecular weight is 287 g/mol. The molecule has 0 saturated carbocycles. The van der Waals surface area contributed by atoms with Gasteiger partial charge in [-0.1, -0.05) is 49.8 Å². The molecular weight excluding hydrogens is 262 g/mol. The first-order valence-electron chi connectivity index (χ1n) is 7.44. The zero-order chi connectivity index (χ0) is 15.8. The number of ketones is 1. The molecule has 1 rings (SSSR count). The number of hydrogen-bond donors (Lipinski definition) is 1. The SMILES string of the molecule is CC(C)=C(NC(=O)CC(=O)CCC(C)C)c1ccccc1. The molecule has 3 nitrogen and oxygen atoms in total. The van der Waals surface area contributed by atoms with Gasteiger partial charge in [0.1, 0.15) is 5.78 Å². The van der Waals surface area contributed by atoms with E-state index in [4.69, 9.17) is 0 Å². The lowest BCUT2D eigenvalue weighted by Crippen LogP contribution is -2.25. The lowest BCUT2D eigenvalue weighted by Gasteiger charge is -2.12. The minimum atomic E-state index is -0.233. The van der Waals surface area contributed by atoms with Crippen LogP contribution >= 0.6 is 0 Å². The number of rotatable bonds is 7. The van der Waals surface area contributed by atoms with Crippen molar-refractivity contribution >= 4 is 17.4 Å². The Hall–Kier alpha value is -1.90. The maximum absolute atomic E-state index is 12.0. The summed E-state index contributed by atoms with van der Waals surface area (Å²) in [6, 6.07) is 9.69. The van der Waals surface area contributed by atoms with E-state index in [2.05, 4.69) is 19.2 Å². The molecule has 0 atom stereocenters. The number of carbonyl (C=O) groups excluding carboxylic acids is 2. The first kappa shape index (κ1) is 17.2. The van der Waals surface area contributed by atoms with E-state index < -0.39 is 0 Å². The Morgan fingerprint density at radius 1 is 1.10 bits per heavy atom. The summed E-state index contributed by atoms with van der Waals surface area (Å²) in [7, 11) is 0. The van der Waals surface area contributed by atoms with Crippen LogP contribution in [0.3, 0.4) is 0 Å². The second kappa shape index (κ2) is 8.40. The second-order valence-corrected chi connectivity index (χ2v) is 5.94. The molecule has 1 amide bonds. The normalized spacial score (nSPS) is 10.3. The van der Waals surface area contributed by atoms with Crippen LogP contribution in [0.1, 0.15) is 52.5 Å². The van der Waals surface area contributed by atoms with Crippen molar-refractivity contribution in [3.05, 3.63) is 41.5 Å². The van der Waals surface area contributed by atoms with Gasteiger partial charge in [0.25, 0.3) is 0 Å². The predicted molar refractivity (Wildman–Crippen MR) is 86.5 cm³/mol. The minimum Gasteiger partial charge on any atom is -0.325 e. The Morgan fingerprint density at radius 3 is 2.24 bits per heavy atom. The van der Waals surface area contributed by atoms with Gasteiger partial charge in [-0.05, 0) is 31.7 Å². The molecule has 0 radical (unpaired) electrons. The number of nitrogens with one attached hydrogen (secondary N) is 1. The molecule has 0 spiro atoms. The standard InChI is InChI=1S/C18H25NO2/c1-13(2)10-11-16(20)12-17(21)19-18(14(3)4)15-8-6-5-7-9-15/h5-9,13H,10-12H2,1-4H3,(H,19,21). The zero-order valence-corrected chi connectivity index (χ0v) is 13.4. The van der Waals surface area contributed by atoms with Crippen molar-refractivity contribution in [1.82, 2.24) is 5.32 Å². The third-order valence-electron chi connectivity index (χ3n) is 3.19. The quantitative estimate of drug-likeness (QED) is 0.772. The molecule has 0 aliphatic rings. The van der Waals surface area contributed by atoms with Crippen LogP contribution in [-0.2, 0) is 9.59 Å². The van der Waals surface area contributed by atoms with Crippen LogP contribution in [0.15, 0.2) is 35.9 Å². The summed E-state index contributed by atoms with van der Waals surface area (Å²) < 4.78 is 0. The summed E-state index contributed by atoms with van der Waals surface area (Å²) in [5.41, 5.74) is 2.77. The van der Waals surface area contributed by atoms with Gasteiger partial charge in [-0.25, -0.2) is 0 Å². The van der Waals surface area contributed by atoms with Crippen molar-refractivity contribution in [3.63, 3.8) is 0 Å². The van der Waals surface area contributed by atoms with Crippen LogP contribution in [0.25, 0.3) is 5.70 Å². The first-order chi connectivity index (χ1) is 9.90. The van der Waals surface area contributed by atoms with Gasteiger partial charge < -0.3 is 5.32 Å². The molecule has 114 valence electrons. The highest BCUT2D eigenvalue weighted by Gasteiger charge is 2.13. The Balaban J connectivity index is 2.64. The fourth-order valence-electron chi connectivity index (χ4n) is 1.99.